The van der Waals surface area contributed by atoms with Gasteiger partial charge in [-0.3, -0.25) is 0 Å². The largest absolute Gasteiger partial charge is 0.412 e. The van der Waals surface area contributed by atoms with Crippen molar-refractivity contribution in [2.75, 3.05) is 0 Å². The second-order valence-electron chi connectivity index (χ2n) is 8.87. The molecule has 0 bridgehead atoms. The second-order valence-corrected chi connectivity index (χ2v) is 8.87. The Bertz CT molecular complexity index is 601. The molecule has 2 nitrogen and oxygen atoms in total. The molecule has 2 heteroatoms. The van der Waals surface area contributed by atoms with Crippen LogP contribution in [0.4, 0.5) is 0 Å². The van der Waals surface area contributed by atoms with Gasteiger partial charge in [-0.25, -0.2) is 0 Å². The summed E-state index contributed by atoms with van der Waals surface area (Å²) in [7, 11) is 0. The minimum absolute atomic E-state index is 0. The van der Waals surface area contributed by atoms with Gasteiger partial charge in [0.15, 0.2) is 0 Å². The van der Waals surface area contributed by atoms with Crippen LogP contribution < -0.4 is 5.73 Å². The molecule has 168 valence electrons. The topological polar surface area (TPSA) is 57.5 Å². The molecule has 0 amide bonds. The average Bonchev–Trinajstić information content (AvgIpc) is 2.78. The Hall–Kier alpha value is -1.64. The maximum absolute atomic E-state index is 6.84. The van der Waals surface area contributed by atoms with Crippen molar-refractivity contribution in [1.82, 2.24) is 0 Å². The fourth-order valence-electron chi connectivity index (χ4n) is 4.48. The van der Waals surface area contributed by atoms with E-state index in [2.05, 4.69) is 74.5 Å². The first-order valence-electron chi connectivity index (χ1n) is 12.1. The van der Waals surface area contributed by atoms with E-state index in [0.29, 0.717) is 0 Å². The van der Waals surface area contributed by atoms with Gasteiger partial charge in [-0.05, 0) is 24.5 Å². The molecule has 2 aromatic rings. The lowest BCUT2D eigenvalue weighted by molar-refractivity contribution is 0.401. The van der Waals surface area contributed by atoms with Crippen LogP contribution in [0.1, 0.15) is 102 Å². The fraction of sp³-hybridized carbons (Fsp3) is 0.571. The first kappa shape index (κ1) is 26.4. The second kappa shape index (κ2) is 15.2. The molecule has 0 fully saturated rings. The highest BCUT2D eigenvalue weighted by Gasteiger charge is 2.34. The summed E-state index contributed by atoms with van der Waals surface area (Å²) < 4.78 is 0. The molecule has 30 heavy (non-hydrogen) atoms. The van der Waals surface area contributed by atoms with Crippen molar-refractivity contribution in [2.45, 2.75) is 102 Å². The van der Waals surface area contributed by atoms with Crippen molar-refractivity contribution in [1.29, 1.82) is 0 Å². The SMILES string of the molecule is CCCCCCCCCCCCCC(N)C(C)(c1ccccc1)c1ccccc1.O. The third-order valence-electron chi connectivity index (χ3n) is 6.61. The summed E-state index contributed by atoms with van der Waals surface area (Å²) in [5.74, 6) is 0. The Morgan fingerprint density at radius 1 is 0.633 bits per heavy atom. The van der Waals surface area contributed by atoms with Crippen LogP contribution in [-0.4, -0.2) is 11.5 Å². The highest BCUT2D eigenvalue weighted by molar-refractivity contribution is 5.40. The van der Waals surface area contributed by atoms with Gasteiger partial charge in [0.05, 0.1) is 0 Å². The van der Waals surface area contributed by atoms with Crippen LogP contribution in [0, 0.1) is 0 Å². The predicted molar refractivity (Wildman–Crippen MR) is 132 cm³/mol. The van der Waals surface area contributed by atoms with Crippen molar-refractivity contribution < 1.29 is 5.48 Å². The van der Waals surface area contributed by atoms with Gasteiger partial charge in [-0.15, -0.1) is 0 Å². The van der Waals surface area contributed by atoms with E-state index in [1.807, 2.05) is 0 Å². The van der Waals surface area contributed by atoms with E-state index in [9.17, 15) is 0 Å². The molecule has 0 aliphatic rings. The zero-order valence-electron chi connectivity index (χ0n) is 19.4. The van der Waals surface area contributed by atoms with Crippen LogP contribution in [0.25, 0.3) is 0 Å². The first-order valence-corrected chi connectivity index (χ1v) is 12.1. The number of rotatable bonds is 15. The lowest BCUT2D eigenvalue weighted by Gasteiger charge is -2.37. The molecule has 4 N–H and O–H groups in total. The molecule has 0 aliphatic heterocycles. The molecular weight excluding hydrogens is 366 g/mol. The average molecular weight is 412 g/mol. The highest BCUT2D eigenvalue weighted by Crippen LogP contribution is 2.36. The van der Waals surface area contributed by atoms with Crippen molar-refractivity contribution in [3.05, 3.63) is 71.8 Å². The Kier molecular flexibility index (Phi) is 13.4. The molecule has 0 radical (unpaired) electrons. The van der Waals surface area contributed by atoms with Crippen LogP contribution in [0.5, 0.6) is 0 Å². The van der Waals surface area contributed by atoms with Crippen LogP contribution in [0.2, 0.25) is 0 Å². The Labute approximate surface area is 185 Å². The van der Waals surface area contributed by atoms with Gasteiger partial charge in [0.1, 0.15) is 0 Å². The summed E-state index contributed by atoms with van der Waals surface area (Å²) >= 11 is 0. The molecule has 0 aromatic heterocycles. The van der Waals surface area contributed by atoms with Crippen molar-refractivity contribution in [3.63, 3.8) is 0 Å². The number of unbranched alkanes of at least 4 members (excludes halogenated alkanes) is 10. The number of hydrogen-bond donors (Lipinski definition) is 1. The van der Waals surface area contributed by atoms with Crippen molar-refractivity contribution in [2.24, 2.45) is 5.73 Å². The van der Waals surface area contributed by atoms with E-state index < -0.39 is 0 Å². The molecule has 2 rings (SSSR count). The normalized spacial score (nSPS) is 12.4. The molecule has 2 aromatic carbocycles. The van der Waals surface area contributed by atoms with Crippen molar-refractivity contribution in [3.8, 4) is 0 Å². The Morgan fingerprint density at radius 3 is 1.40 bits per heavy atom. The molecule has 0 heterocycles. The smallest absolute Gasteiger partial charge is 0.0325 e. The maximum atomic E-state index is 6.84. The maximum Gasteiger partial charge on any atom is 0.0325 e. The summed E-state index contributed by atoms with van der Waals surface area (Å²) in [5, 5.41) is 0. The van der Waals surface area contributed by atoms with E-state index in [1.165, 1.54) is 81.8 Å². The number of nitrogens with two attached hydrogens (primary N) is 1. The predicted octanol–water partition coefficient (Wildman–Crippen LogP) is 7.20. The molecular formula is C28H45NO. The van der Waals surface area contributed by atoms with Crippen LogP contribution in [-0.2, 0) is 5.41 Å². The lowest BCUT2D eigenvalue weighted by atomic mass is 9.69. The molecule has 1 atom stereocenters. The van der Waals surface area contributed by atoms with Gasteiger partial charge in [-0.2, -0.15) is 0 Å². The van der Waals surface area contributed by atoms with Gasteiger partial charge in [-0.1, -0.05) is 138 Å². The van der Waals surface area contributed by atoms with E-state index in [1.54, 1.807) is 0 Å². The van der Waals surface area contributed by atoms with E-state index in [-0.39, 0.29) is 16.9 Å². The van der Waals surface area contributed by atoms with Gasteiger partial charge in [0, 0.05) is 11.5 Å². The molecule has 0 saturated carbocycles. The summed E-state index contributed by atoms with van der Waals surface area (Å²) in [6.07, 6.45) is 16.2. The van der Waals surface area contributed by atoms with E-state index in [4.69, 9.17) is 5.73 Å². The van der Waals surface area contributed by atoms with Gasteiger partial charge in [0.25, 0.3) is 0 Å². The molecule has 0 aliphatic carbocycles. The standard InChI is InChI=1S/C28H43N.H2O/c1-3-4-5-6-7-8-9-10-11-12-19-24-27(29)28(2,25-20-15-13-16-21-25)26-22-17-14-18-23-26;/h13-18,20-23,27H,3-12,19,24,29H2,1-2H3;1H2. The third-order valence-corrected chi connectivity index (χ3v) is 6.61. The lowest BCUT2D eigenvalue weighted by Crippen LogP contribution is -2.44. The van der Waals surface area contributed by atoms with E-state index in [0.717, 1.165) is 6.42 Å². The zero-order valence-corrected chi connectivity index (χ0v) is 19.4. The van der Waals surface area contributed by atoms with Crippen LogP contribution in [0.3, 0.4) is 0 Å². The van der Waals surface area contributed by atoms with Gasteiger partial charge in [0.2, 0.25) is 0 Å². The van der Waals surface area contributed by atoms with Gasteiger partial charge >= 0.3 is 0 Å². The Morgan fingerprint density at radius 2 is 1.00 bits per heavy atom. The molecule has 0 saturated heterocycles. The third kappa shape index (κ3) is 8.24. The number of hydrogen-bond acceptors (Lipinski definition) is 1. The summed E-state index contributed by atoms with van der Waals surface area (Å²) in [6, 6.07) is 21.7. The van der Waals surface area contributed by atoms with Crippen molar-refractivity contribution >= 4 is 0 Å². The summed E-state index contributed by atoms with van der Waals surface area (Å²) in [5.41, 5.74) is 9.34. The first-order chi connectivity index (χ1) is 14.2. The summed E-state index contributed by atoms with van der Waals surface area (Å²) in [6.45, 7) is 4.61. The fourth-order valence-corrected chi connectivity index (χ4v) is 4.48. The quantitative estimate of drug-likeness (QED) is 0.310. The zero-order chi connectivity index (χ0) is 20.8. The summed E-state index contributed by atoms with van der Waals surface area (Å²) in [4.78, 5) is 0. The molecule has 1 unspecified atom stereocenters. The minimum Gasteiger partial charge on any atom is -0.412 e. The highest BCUT2D eigenvalue weighted by atomic mass is 16.0. The van der Waals surface area contributed by atoms with E-state index >= 15 is 0 Å². The van der Waals surface area contributed by atoms with Gasteiger partial charge < -0.3 is 11.2 Å². The minimum atomic E-state index is -0.138. The number of benzene rings is 2. The van der Waals surface area contributed by atoms with Crippen LogP contribution in [0.15, 0.2) is 60.7 Å². The molecule has 0 spiro atoms. The van der Waals surface area contributed by atoms with Crippen LogP contribution >= 0.6 is 0 Å². The monoisotopic (exact) mass is 411 g/mol. The Balaban J connectivity index is 0.00000450.